The number of carbonyl (C=O) groups excluding carboxylic acids is 1. The van der Waals surface area contributed by atoms with Crippen molar-refractivity contribution in [3.8, 4) is 0 Å². The Kier molecular flexibility index (Phi) is 5.12. The lowest BCUT2D eigenvalue weighted by molar-refractivity contribution is -0.121. The first kappa shape index (κ1) is 14.5. The van der Waals surface area contributed by atoms with E-state index in [-0.39, 0.29) is 5.91 Å². The molecular formula is C15H19N3OS. The first-order valence-electron chi connectivity index (χ1n) is 6.57. The van der Waals surface area contributed by atoms with E-state index in [1.807, 2.05) is 42.6 Å². The maximum absolute atomic E-state index is 11.9. The third-order valence-electron chi connectivity index (χ3n) is 2.95. The topological polar surface area (TPSA) is 45.2 Å². The molecule has 0 saturated carbocycles. The third kappa shape index (κ3) is 4.06. The highest BCUT2D eigenvalue weighted by molar-refractivity contribution is 7.09. The number of rotatable bonds is 6. The molecule has 0 radical (unpaired) electrons. The van der Waals surface area contributed by atoms with Gasteiger partial charge >= 0.3 is 0 Å². The van der Waals surface area contributed by atoms with Gasteiger partial charge in [0.05, 0.1) is 0 Å². The second-order valence-corrected chi connectivity index (χ2v) is 5.77. The van der Waals surface area contributed by atoms with Crippen LogP contribution in [-0.4, -0.2) is 25.0 Å². The average molecular weight is 289 g/mol. The molecule has 1 N–H and O–H groups in total. The molecule has 0 spiro atoms. The number of nitrogens with one attached hydrogen (secondary N) is 1. The maximum atomic E-state index is 11.9. The quantitative estimate of drug-likeness (QED) is 0.888. The lowest BCUT2D eigenvalue weighted by Gasteiger charge is -2.16. The molecule has 106 valence electrons. The number of aromatic nitrogens is 1. The summed E-state index contributed by atoms with van der Waals surface area (Å²) in [5.41, 5.74) is 1.03. The first-order valence-corrected chi connectivity index (χ1v) is 7.45. The van der Waals surface area contributed by atoms with Crippen LogP contribution >= 0.6 is 11.3 Å². The Morgan fingerprint density at radius 1 is 1.35 bits per heavy atom. The van der Waals surface area contributed by atoms with E-state index in [0.717, 1.165) is 17.8 Å². The first-order chi connectivity index (χ1) is 9.66. The molecule has 1 amide bonds. The lowest BCUT2D eigenvalue weighted by Crippen LogP contribution is -2.24. The zero-order chi connectivity index (χ0) is 14.4. The van der Waals surface area contributed by atoms with E-state index in [1.165, 1.54) is 4.88 Å². The number of hydrogen-bond acceptors (Lipinski definition) is 4. The molecule has 5 heteroatoms. The molecule has 0 bridgehead atoms. The van der Waals surface area contributed by atoms with Crippen molar-refractivity contribution in [2.45, 2.75) is 19.4 Å². The Morgan fingerprint density at radius 2 is 2.20 bits per heavy atom. The molecule has 0 unspecified atom stereocenters. The monoisotopic (exact) mass is 289 g/mol. The summed E-state index contributed by atoms with van der Waals surface area (Å²) in [4.78, 5) is 19.4. The number of pyridine rings is 1. The van der Waals surface area contributed by atoms with Gasteiger partial charge in [-0.1, -0.05) is 12.1 Å². The molecule has 0 aromatic carbocycles. The minimum Gasteiger partial charge on any atom is -0.362 e. The number of carbonyl (C=O) groups is 1. The van der Waals surface area contributed by atoms with Gasteiger partial charge in [-0.05, 0) is 23.9 Å². The van der Waals surface area contributed by atoms with Crippen molar-refractivity contribution in [3.63, 3.8) is 0 Å². The van der Waals surface area contributed by atoms with Gasteiger partial charge in [-0.2, -0.15) is 0 Å². The molecule has 2 heterocycles. The van der Waals surface area contributed by atoms with Crippen LogP contribution in [0, 0.1) is 0 Å². The maximum Gasteiger partial charge on any atom is 0.220 e. The summed E-state index contributed by atoms with van der Waals surface area (Å²) < 4.78 is 0. The largest absolute Gasteiger partial charge is 0.362 e. The molecule has 2 aromatic rings. The van der Waals surface area contributed by atoms with Gasteiger partial charge < -0.3 is 10.2 Å². The van der Waals surface area contributed by atoms with Crippen LogP contribution in [0.5, 0.6) is 0 Å². The molecule has 4 nitrogen and oxygen atoms in total. The second-order valence-electron chi connectivity index (χ2n) is 4.74. The van der Waals surface area contributed by atoms with Crippen molar-refractivity contribution in [2.24, 2.45) is 0 Å². The second kappa shape index (κ2) is 7.05. The normalized spacial score (nSPS) is 10.3. The fourth-order valence-electron chi connectivity index (χ4n) is 1.94. The van der Waals surface area contributed by atoms with Crippen molar-refractivity contribution >= 4 is 23.1 Å². The Balaban J connectivity index is 1.84. The summed E-state index contributed by atoms with van der Waals surface area (Å²) in [6.07, 6.45) is 3.09. The highest BCUT2D eigenvalue weighted by atomic mass is 32.1. The highest BCUT2D eigenvalue weighted by Crippen LogP contribution is 2.14. The number of amides is 1. The summed E-state index contributed by atoms with van der Waals surface area (Å²) in [6, 6.07) is 7.95. The van der Waals surface area contributed by atoms with Crippen LogP contribution in [0.1, 0.15) is 16.9 Å². The van der Waals surface area contributed by atoms with Gasteiger partial charge in [0.15, 0.2) is 0 Å². The zero-order valence-electron chi connectivity index (χ0n) is 11.8. The minimum atomic E-state index is 0.0759. The van der Waals surface area contributed by atoms with E-state index in [9.17, 15) is 4.79 Å². The van der Waals surface area contributed by atoms with Gasteiger partial charge in [0.2, 0.25) is 5.91 Å². The van der Waals surface area contributed by atoms with Crippen LogP contribution in [0.2, 0.25) is 0 Å². The molecule has 0 aliphatic rings. The van der Waals surface area contributed by atoms with Crippen molar-refractivity contribution < 1.29 is 4.79 Å². The van der Waals surface area contributed by atoms with Crippen LogP contribution in [0.4, 0.5) is 5.82 Å². The molecule has 20 heavy (non-hydrogen) atoms. The number of anilines is 1. The molecule has 2 aromatic heterocycles. The summed E-state index contributed by atoms with van der Waals surface area (Å²) in [5.74, 6) is 0.970. The smallest absolute Gasteiger partial charge is 0.220 e. The average Bonchev–Trinajstić information content (AvgIpc) is 2.96. The highest BCUT2D eigenvalue weighted by Gasteiger charge is 2.07. The van der Waals surface area contributed by atoms with Crippen LogP contribution in [-0.2, 0) is 17.8 Å². The summed E-state index contributed by atoms with van der Waals surface area (Å²) >= 11 is 1.69. The molecular weight excluding hydrogens is 270 g/mol. The third-order valence-corrected chi connectivity index (χ3v) is 3.88. The van der Waals surface area contributed by atoms with Gasteiger partial charge in [-0.3, -0.25) is 4.79 Å². The van der Waals surface area contributed by atoms with Crippen molar-refractivity contribution in [2.75, 3.05) is 19.0 Å². The van der Waals surface area contributed by atoms with Gasteiger partial charge in [-0.25, -0.2) is 4.98 Å². The van der Waals surface area contributed by atoms with E-state index in [1.54, 1.807) is 17.5 Å². The predicted molar refractivity (Wildman–Crippen MR) is 83.1 cm³/mol. The van der Waals surface area contributed by atoms with E-state index in [0.29, 0.717) is 13.0 Å². The van der Waals surface area contributed by atoms with Crippen LogP contribution in [0.25, 0.3) is 0 Å². The van der Waals surface area contributed by atoms with E-state index >= 15 is 0 Å². The SMILES string of the molecule is CN(C)c1ncccc1CNC(=O)CCc1cccs1. The molecule has 0 atom stereocenters. The molecule has 0 saturated heterocycles. The number of hydrogen-bond donors (Lipinski definition) is 1. The molecule has 0 fully saturated rings. The predicted octanol–water partition coefficient (Wildman–Crippen LogP) is 2.46. The standard InChI is InChI=1S/C15H19N3OS/c1-18(2)15-12(5-3-9-16-15)11-17-14(19)8-7-13-6-4-10-20-13/h3-6,9-10H,7-8,11H2,1-2H3,(H,17,19). The molecule has 0 aliphatic carbocycles. The summed E-state index contributed by atoms with van der Waals surface area (Å²) in [6.45, 7) is 0.518. The van der Waals surface area contributed by atoms with Crippen molar-refractivity contribution in [1.29, 1.82) is 0 Å². The summed E-state index contributed by atoms with van der Waals surface area (Å²) in [7, 11) is 3.90. The van der Waals surface area contributed by atoms with Gasteiger partial charge in [0, 0.05) is 43.7 Å². The molecule has 0 aliphatic heterocycles. The summed E-state index contributed by atoms with van der Waals surface area (Å²) in [5, 5.41) is 4.99. The number of aryl methyl sites for hydroxylation is 1. The minimum absolute atomic E-state index is 0.0759. The van der Waals surface area contributed by atoms with E-state index in [4.69, 9.17) is 0 Å². The molecule has 2 rings (SSSR count). The van der Waals surface area contributed by atoms with Crippen molar-refractivity contribution in [1.82, 2.24) is 10.3 Å². The zero-order valence-corrected chi connectivity index (χ0v) is 12.6. The fourth-order valence-corrected chi connectivity index (χ4v) is 2.65. The van der Waals surface area contributed by atoms with Crippen LogP contribution in [0.3, 0.4) is 0 Å². The van der Waals surface area contributed by atoms with Gasteiger partial charge in [0.1, 0.15) is 5.82 Å². The Labute approximate surface area is 123 Å². The van der Waals surface area contributed by atoms with Gasteiger partial charge in [-0.15, -0.1) is 11.3 Å². The van der Waals surface area contributed by atoms with Crippen molar-refractivity contribution in [3.05, 3.63) is 46.3 Å². The fraction of sp³-hybridized carbons (Fsp3) is 0.333. The number of nitrogens with zero attached hydrogens (tertiary/aromatic N) is 2. The Hall–Kier alpha value is -1.88. The van der Waals surface area contributed by atoms with Gasteiger partial charge in [0.25, 0.3) is 0 Å². The Bertz CT molecular complexity index is 552. The van der Waals surface area contributed by atoms with Crippen LogP contribution in [0.15, 0.2) is 35.8 Å². The number of thiophene rings is 1. The van der Waals surface area contributed by atoms with Crippen LogP contribution < -0.4 is 10.2 Å². The lowest BCUT2D eigenvalue weighted by atomic mass is 10.2. The van der Waals surface area contributed by atoms with E-state index < -0.39 is 0 Å². The Morgan fingerprint density at radius 3 is 2.90 bits per heavy atom. The van der Waals surface area contributed by atoms with E-state index in [2.05, 4.69) is 16.4 Å².